The molecule has 0 radical (unpaired) electrons. The zero-order valence-corrected chi connectivity index (χ0v) is 12.3. The minimum Gasteiger partial charge on any atom is -0.508 e. The molecule has 0 heterocycles. The second-order valence-corrected chi connectivity index (χ2v) is 5.66. The minimum atomic E-state index is 0.0519. The summed E-state index contributed by atoms with van der Waals surface area (Å²) in [5.41, 5.74) is 7.31. The molecule has 1 aromatic rings. The standard InChI is InChI=1S/C16H24N2O2/c1-3-18(14-7-5-13(17)6-8-14)16(20)12-4-9-15(19)11(2)10-12/h4,9-10,13-14,19H,3,5-8,17H2,1-2H3. The molecule has 1 aromatic carbocycles. The van der Waals surface area contributed by atoms with Crippen molar-refractivity contribution in [3.8, 4) is 5.75 Å². The SMILES string of the molecule is CCN(C(=O)c1ccc(O)c(C)c1)C1CCC(N)CC1. The number of carbonyl (C=O) groups excluding carboxylic acids is 1. The van der Waals surface area contributed by atoms with Crippen LogP contribution in [0.3, 0.4) is 0 Å². The van der Waals surface area contributed by atoms with Crippen LogP contribution in [0.15, 0.2) is 18.2 Å². The first kappa shape index (κ1) is 14.9. The Kier molecular flexibility index (Phi) is 4.65. The molecule has 0 spiro atoms. The number of aromatic hydroxyl groups is 1. The minimum absolute atomic E-state index is 0.0519. The van der Waals surface area contributed by atoms with Gasteiger partial charge in [-0.25, -0.2) is 0 Å². The Labute approximate surface area is 120 Å². The molecule has 20 heavy (non-hydrogen) atoms. The number of amides is 1. The molecule has 2 rings (SSSR count). The van der Waals surface area contributed by atoms with Gasteiger partial charge in [0.15, 0.2) is 0 Å². The molecule has 3 N–H and O–H groups in total. The maximum Gasteiger partial charge on any atom is 0.254 e. The Bertz CT molecular complexity index is 479. The number of hydrogen-bond acceptors (Lipinski definition) is 3. The van der Waals surface area contributed by atoms with Crippen molar-refractivity contribution in [1.82, 2.24) is 4.90 Å². The van der Waals surface area contributed by atoms with E-state index in [1.165, 1.54) is 0 Å². The fraction of sp³-hybridized carbons (Fsp3) is 0.562. The van der Waals surface area contributed by atoms with E-state index in [1.807, 2.05) is 18.7 Å². The zero-order chi connectivity index (χ0) is 14.7. The van der Waals surface area contributed by atoms with Gasteiger partial charge in [-0.1, -0.05) is 0 Å². The highest BCUT2D eigenvalue weighted by Crippen LogP contribution is 2.25. The van der Waals surface area contributed by atoms with Gasteiger partial charge in [0.2, 0.25) is 0 Å². The quantitative estimate of drug-likeness (QED) is 0.891. The molecule has 0 saturated heterocycles. The number of phenolic OH excluding ortho intramolecular Hbond substituents is 1. The van der Waals surface area contributed by atoms with Crippen LogP contribution in [0, 0.1) is 6.92 Å². The molecule has 0 atom stereocenters. The highest BCUT2D eigenvalue weighted by atomic mass is 16.3. The van der Waals surface area contributed by atoms with Crippen LogP contribution in [0.4, 0.5) is 0 Å². The normalized spacial score (nSPS) is 22.6. The van der Waals surface area contributed by atoms with Crippen LogP contribution < -0.4 is 5.73 Å². The molecule has 0 aliphatic heterocycles. The van der Waals surface area contributed by atoms with Gasteiger partial charge in [-0.3, -0.25) is 4.79 Å². The third-order valence-electron chi connectivity index (χ3n) is 4.23. The predicted molar refractivity (Wildman–Crippen MR) is 79.8 cm³/mol. The summed E-state index contributed by atoms with van der Waals surface area (Å²) in [6, 6.07) is 5.63. The first-order valence-electron chi connectivity index (χ1n) is 7.39. The molecule has 4 nitrogen and oxygen atoms in total. The summed E-state index contributed by atoms with van der Waals surface area (Å²) < 4.78 is 0. The third-order valence-corrected chi connectivity index (χ3v) is 4.23. The van der Waals surface area contributed by atoms with E-state index >= 15 is 0 Å². The van der Waals surface area contributed by atoms with E-state index in [1.54, 1.807) is 18.2 Å². The Morgan fingerprint density at radius 3 is 2.55 bits per heavy atom. The van der Waals surface area contributed by atoms with Crippen molar-refractivity contribution < 1.29 is 9.90 Å². The Morgan fingerprint density at radius 1 is 1.35 bits per heavy atom. The van der Waals surface area contributed by atoms with Crippen molar-refractivity contribution >= 4 is 5.91 Å². The number of rotatable bonds is 3. The lowest BCUT2D eigenvalue weighted by molar-refractivity contribution is 0.0640. The summed E-state index contributed by atoms with van der Waals surface area (Å²) in [4.78, 5) is 14.6. The number of carbonyl (C=O) groups is 1. The summed E-state index contributed by atoms with van der Waals surface area (Å²) in [6.07, 6.45) is 3.95. The molecular weight excluding hydrogens is 252 g/mol. The van der Waals surface area contributed by atoms with E-state index in [2.05, 4.69) is 0 Å². The fourth-order valence-corrected chi connectivity index (χ4v) is 2.94. The van der Waals surface area contributed by atoms with E-state index in [9.17, 15) is 9.90 Å². The lowest BCUT2D eigenvalue weighted by Gasteiger charge is -2.35. The number of aryl methyl sites for hydroxylation is 1. The molecule has 0 aromatic heterocycles. The largest absolute Gasteiger partial charge is 0.508 e. The second kappa shape index (κ2) is 6.27. The van der Waals surface area contributed by atoms with Crippen LogP contribution in [-0.2, 0) is 0 Å². The fourth-order valence-electron chi connectivity index (χ4n) is 2.94. The number of nitrogens with zero attached hydrogens (tertiary/aromatic N) is 1. The predicted octanol–water partition coefficient (Wildman–Crippen LogP) is 2.43. The Balaban J connectivity index is 2.14. The topological polar surface area (TPSA) is 66.6 Å². The van der Waals surface area contributed by atoms with Crippen LogP contribution in [-0.4, -0.2) is 34.5 Å². The summed E-state index contributed by atoms with van der Waals surface area (Å²) in [5, 5.41) is 9.56. The van der Waals surface area contributed by atoms with Crippen molar-refractivity contribution in [2.45, 2.75) is 51.6 Å². The van der Waals surface area contributed by atoms with Crippen LogP contribution in [0.1, 0.15) is 48.5 Å². The maximum absolute atomic E-state index is 12.6. The molecule has 1 aliphatic carbocycles. The van der Waals surface area contributed by atoms with Crippen molar-refractivity contribution in [2.24, 2.45) is 5.73 Å². The van der Waals surface area contributed by atoms with E-state index in [4.69, 9.17) is 5.73 Å². The number of nitrogens with two attached hydrogens (primary N) is 1. The summed E-state index contributed by atoms with van der Waals surface area (Å²) in [7, 11) is 0. The summed E-state index contributed by atoms with van der Waals surface area (Å²) in [5.74, 6) is 0.282. The van der Waals surface area contributed by atoms with E-state index in [0.717, 1.165) is 31.2 Å². The van der Waals surface area contributed by atoms with E-state index in [0.29, 0.717) is 18.2 Å². The van der Waals surface area contributed by atoms with Crippen LogP contribution in [0.25, 0.3) is 0 Å². The zero-order valence-electron chi connectivity index (χ0n) is 12.3. The van der Waals surface area contributed by atoms with Gasteiger partial charge in [-0.05, 0) is 63.3 Å². The highest BCUT2D eigenvalue weighted by Gasteiger charge is 2.27. The molecule has 1 saturated carbocycles. The molecule has 4 heteroatoms. The highest BCUT2D eigenvalue weighted by molar-refractivity contribution is 5.94. The van der Waals surface area contributed by atoms with E-state index in [-0.39, 0.29) is 17.7 Å². The Morgan fingerprint density at radius 2 is 2.00 bits per heavy atom. The first-order valence-corrected chi connectivity index (χ1v) is 7.39. The van der Waals surface area contributed by atoms with Gasteiger partial charge < -0.3 is 15.7 Å². The average molecular weight is 276 g/mol. The second-order valence-electron chi connectivity index (χ2n) is 5.66. The van der Waals surface area contributed by atoms with Gasteiger partial charge in [0.1, 0.15) is 5.75 Å². The van der Waals surface area contributed by atoms with Gasteiger partial charge in [-0.15, -0.1) is 0 Å². The van der Waals surface area contributed by atoms with Crippen molar-refractivity contribution in [3.05, 3.63) is 29.3 Å². The molecule has 110 valence electrons. The van der Waals surface area contributed by atoms with Crippen molar-refractivity contribution in [2.75, 3.05) is 6.54 Å². The lowest BCUT2D eigenvalue weighted by atomic mass is 9.90. The van der Waals surface area contributed by atoms with Gasteiger partial charge in [0, 0.05) is 24.2 Å². The monoisotopic (exact) mass is 276 g/mol. The van der Waals surface area contributed by atoms with Crippen molar-refractivity contribution in [1.29, 1.82) is 0 Å². The van der Waals surface area contributed by atoms with Gasteiger partial charge in [0.25, 0.3) is 5.91 Å². The molecular formula is C16H24N2O2. The third kappa shape index (κ3) is 3.12. The van der Waals surface area contributed by atoms with Gasteiger partial charge in [0.05, 0.1) is 0 Å². The van der Waals surface area contributed by atoms with Crippen LogP contribution >= 0.6 is 0 Å². The average Bonchev–Trinajstić information content (AvgIpc) is 2.44. The first-order chi connectivity index (χ1) is 9.52. The Hall–Kier alpha value is -1.55. The van der Waals surface area contributed by atoms with Crippen LogP contribution in [0.5, 0.6) is 5.75 Å². The van der Waals surface area contributed by atoms with E-state index < -0.39 is 0 Å². The molecule has 1 amide bonds. The molecule has 1 aliphatic rings. The number of benzene rings is 1. The maximum atomic E-state index is 12.6. The van der Waals surface area contributed by atoms with Crippen molar-refractivity contribution in [3.63, 3.8) is 0 Å². The molecule has 0 bridgehead atoms. The molecule has 0 unspecified atom stereocenters. The lowest BCUT2D eigenvalue weighted by Crippen LogP contribution is -2.44. The van der Waals surface area contributed by atoms with Crippen LogP contribution in [0.2, 0.25) is 0 Å². The number of phenols is 1. The number of hydrogen-bond donors (Lipinski definition) is 2. The summed E-state index contributed by atoms with van der Waals surface area (Å²) >= 11 is 0. The smallest absolute Gasteiger partial charge is 0.254 e. The molecule has 1 fully saturated rings. The van der Waals surface area contributed by atoms with Gasteiger partial charge >= 0.3 is 0 Å². The summed E-state index contributed by atoms with van der Waals surface area (Å²) in [6.45, 7) is 4.53. The van der Waals surface area contributed by atoms with Gasteiger partial charge in [-0.2, -0.15) is 0 Å².